The van der Waals surface area contributed by atoms with Crippen molar-refractivity contribution in [3.63, 3.8) is 0 Å². The summed E-state index contributed by atoms with van der Waals surface area (Å²) in [6, 6.07) is 22.8. The largest absolute Gasteiger partial charge is 0.327 e. The van der Waals surface area contributed by atoms with Crippen LogP contribution in [0.5, 0.6) is 0 Å². The molecular weight excluding hydrogens is 366 g/mol. The highest BCUT2D eigenvalue weighted by Gasteiger charge is 2.16. The first-order chi connectivity index (χ1) is 11.7. The van der Waals surface area contributed by atoms with Crippen molar-refractivity contribution in [2.45, 2.75) is 6.04 Å². The lowest BCUT2D eigenvalue weighted by Crippen LogP contribution is -2.33. The molecule has 2 aromatic carbocycles. The van der Waals surface area contributed by atoms with Gasteiger partial charge in [0.25, 0.3) is 0 Å². The fourth-order valence-corrected chi connectivity index (χ4v) is 2.62. The minimum Gasteiger partial charge on any atom is -0.327 e. The predicted octanol–water partition coefficient (Wildman–Crippen LogP) is 4.76. The Labute approximate surface area is 149 Å². The molecule has 0 unspecified atom stereocenters. The van der Waals surface area contributed by atoms with Crippen LogP contribution in [0.3, 0.4) is 0 Å². The molecule has 4 nitrogen and oxygen atoms in total. The topological polar surface area (TPSA) is 54.0 Å². The lowest BCUT2D eigenvalue weighted by Gasteiger charge is -2.20. The number of carbonyl (C=O) groups is 1. The number of benzene rings is 2. The van der Waals surface area contributed by atoms with Crippen LogP contribution in [0.4, 0.5) is 10.6 Å². The number of anilines is 1. The van der Waals surface area contributed by atoms with Crippen LogP contribution >= 0.6 is 15.9 Å². The molecule has 0 aliphatic rings. The van der Waals surface area contributed by atoms with Crippen molar-refractivity contribution in [3.05, 3.63) is 94.6 Å². The van der Waals surface area contributed by atoms with Crippen molar-refractivity contribution in [2.75, 3.05) is 5.32 Å². The van der Waals surface area contributed by atoms with Crippen LogP contribution in [-0.4, -0.2) is 11.0 Å². The van der Waals surface area contributed by atoms with E-state index in [0.717, 1.165) is 15.6 Å². The zero-order valence-electron chi connectivity index (χ0n) is 12.8. The van der Waals surface area contributed by atoms with Crippen LogP contribution in [-0.2, 0) is 0 Å². The highest BCUT2D eigenvalue weighted by Crippen LogP contribution is 2.22. The highest BCUT2D eigenvalue weighted by molar-refractivity contribution is 9.10. The Morgan fingerprint density at radius 1 is 0.875 bits per heavy atom. The first kappa shape index (κ1) is 16.2. The number of pyridine rings is 1. The number of hydrogen-bond acceptors (Lipinski definition) is 2. The number of carbonyl (C=O) groups excluding carboxylic acids is 1. The molecule has 0 spiro atoms. The van der Waals surface area contributed by atoms with Crippen LogP contribution in [0.25, 0.3) is 0 Å². The number of nitrogens with zero attached hydrogens (tertiary/aromatic N) is 1. The summed E-state index contributed by atoms with van der Waals surface area (Å²) in [5.74, 6) is 0.496. The average molecular weight is 382 g/mol. The van der Waals surface area contributed by atoms with Crippen LogP contribution in [0.15, 0.2) is 83.5 Å². The molecule has 120 valence electrons. The summed E-state index contributed by atoms with van der Waals surface area (Å²) < 4.78 is 0.861. The quantitative estimate of drug-likeness (QED) is 0.684. The molecule has 5 heteroatoms. The zero-order valence-corrected chi connectivity index (χ0v) is 14.4. The summed E-state index contributed by atoms with van der Waals surface area (Å²) >= 11 is 3.32. The molecule has 3 aromatic rings. The average Bonchev–Trinajstić information content (AvgIpc) is 2.63. The highest BCUT2D eigenvalue weighted by atomic mass is 79.9. The van der Waals surface area contributed by atoms with Crippen LogP contribution in [0.1, 0.15) is 17.2 Å². The van der Waals surface area contributed by atoms with Crippen LogP contribution in [0, 0.1) is 0 Å². The van der Waals surface area contributed by atoms with Crippen LogP contribution < -0.4 is 10.6 Å². The second-order valence-corrected chi connectivity index (χ2v) is 6.13. The number of aromatic nitrogens is 1. The second kappa shape index (κ2) is 7.75. The lowest BCUT2D eigenvalue weighted by molar-refractivity contribution is 0.250. The van der Waals surface area contributed by atoms with Gasteiger partial charge in [-0.1, -0.05) is 60.7 Å². The number of amides is 2. The number of rotatable bonds is 4. The summed E-state index contributed by atoms with van der Waals surface area (Å²) in [4.78, 5) is 16.5. The summed E-state index contributed by atoms with van der Waals surface area (Å²) in [6.07, 6.45) is 1.64. The molecule has 24 heavy (non-hydrogen) atoms. The van der Waals surface area contributed by atoms with Gasteiger partial charge >= 0.3 is 6.03 Å². The van der Waals surface area contributed by atoms with Gasteiger partial charge in [0, 0.05) is 10.7 Å². The molecule has 2 amide bonds. The van der Waals surface area contributed by atoms with Gasteiger partial charge in [-0.25, -0.2) is 9.78 Å². The van der Waals surface area contributed by atoms with E-state index in [9.17, 15) is 4.79 Å². The first-order valence-corrected chi connectivity index (χ1v) is 8.30. The lowest BCUT2D eigenvalue weighted by atomic mass is 9.99. The standard InChI is InChI=1S/C19H16BrN3O/c20-16-11-12-17(21-13-16)22-19(24)23-18(14-7-3-1-4-8-14)15-9-5-2-6-10-15/h1-13,18H,(H2,21,22,23,24). The van der Waals surface area contributed by atoms with Crippen molar-refractivity contribution >= 4 is 27.8 Å². The number of urea groups is 1. The Balaban J connectivity index is 1.79. The van der Waals surface area contributed by atoms with Gasteiger partial charge in [0.05, 0.1) is 6.04 Å². The maximum atomic E-state index is 12.4. The van der Waals surface area contributed by atoms with Crippen molar-refractivity contribution in [1.82, 2.24) is 10.3 Å². The number of halogens is 1. The molecule has 1 aromatic heterocycles. The van der Waals surface area contributed by atoms with Gasteiger partial charge < -0.3 is 5.32 Å². The molecule has 0 radical (unpaired) electrons. The summed E-state index contributed by atoms with van der Waals surface area (Å²) in [7, 11) is 0. The van der Waals surface area contributed by atoms with Crippen LogP contribution in [0.2, 0.25) is 0 Å². The predicted molar refractivity (Wildman–Crippen MR) is 98.8 cm³/mol. The minimum absolute atomic E-state index is 0.233. The smallest absolute Gasteiger partial charge is 0.321 e. The minimum atomic E-state index is -0.303. The Kier molecular flexibility index (Phi) is 5.23. The van der Waals surface area contributed by atoms with E-state index in [2.05, 4.69) is 31.5 Å². The monoisotopic (exact) mass is 381 g/mol. The van der Waals surface area contributed by atoms with E-state index in [-0.39, 0.29) is 12.1 Å². The first-order valence-electron chi connectivity index (χ1n) is 7.51. The van der Waals surface area contributed by atoms with Gasteiger partial charge in [-0.15, -0.1) is 0 Å². The third-order valence-electron chi connectivity index (χ3n) is 3.51. The van der Waals surface area contributed by atoms with E-state index in [1.807, 2.05) is 66.7 Å². The molecule has 0 aliphatic heterocycles. The molecule has 0 fully saturated rings. The SMILES string of the molecule is O=C(Nc1ccc(Br)cn1)NC(c1ccccc1)c1ccccc1. The van der Waals surface area contributed by atoms with Gasteiger partial charge in [-0.3, -0.25) is 5.32 Å². The van der Waals surface area contributed by atoms with Gasteiger partial charge in [-0.05, 0) is 39.2 Å². The van der Waals surface area contributed by atoms with Crippen molar-refractivity contribution in [3.8, 4) is 0 Å². The molecule has 3 rings (SSSR count). The maximum Gasteiger partial charge on any atom is 0.321 e. The molecular formula is C19H16BrN3O. The molecule has 0 aliphatic carbocycles. The van der Waals surface area contributed by atoms with Gasteiger partial charge in [-0.2, -0.15) is 0 Å². The Hall–Kier alpha value is -2.66. The van der Waals surface area contributed by atoms with E-state index in [1.165, 1.54) is 0 Å². The fraction of sp³-hybridized carbons (Fsp3) is 0.0526. The second-order valence-electron chi connectivity index (χ2n) is 5.21. The summed E-state index contributed by atoms with van der Waals surface area (Å²) in [6.45, 7) is 0. The maximum absolute atomic E-state index is 12.4. The third-order valence-corrected chi connectivity index (χ3v) is 3.98. The van der Waals surface area contributed by atoms with Crippen molar-refractivity contribution in [2.24, 2.45) is 0 Å². The molecule has 0 saturated heterocycles. The molecule has 0 bridgehead atoms. The van der Waals surface area contributed by atoms with Crippen molar-refractivity contribution < 1.29 is 4.79 Å². The van der Waals surface area contributed by atoms with E-state index >= 15 is 0 Å². The van der Waals surface area contributed by atoms with Crippen molar-refractivity contribution in [1.29, 1.82) is 0 Å². The summed E-state index contributed by atoms with van der Waals surface area (Å²) in [5, 5.41) is 5.77. The molecule has 0 saturated carbocycles. The van der Waals surface area contributed by atoms with E-state index in [4.69, 9.17) is 0 Å². The Morgan fingerprint density at radius 2 is 1.46 bits per heavy atom. The van der Waals surface area contributed by atoms with E-state index in [1.54, 1.807) is 12.3 Å². The summed E-state index contributed by atoms with van der Waals surface area (Å²) in [5.41, 5.74) is 2.03. The zero-order chi connectivity index (χ0) is 16.8. The van der Waals surface area contributed by atoms with E-state index in [0.29, 0.717) is 5.82 Å². The Bertz CT molecular complexity index is 752. The third kappa shape index (κ3) is 4.20. The van der Waals surface area contributed by atoms with Gasteiger partial charge in [0.15, 0.2) is 0 Å². The van der Waals surface area contributed by atoms with E-state index < -0.39 is 0 Å². The number of nitrogens with one attached hydrogen (secondary N) is 2. The Morgan fingerprint density at radius 3 is 1.96 bits per heavy atom. The number of hydrogen-bond donors (Lipinski definition) is 2. The molecule has 0 atom stereocenters. The fourth-order valence-electron chi connectivity index (χ4n) is 2.38. The van der Waals surface area contributed by atoms with Gasteiger partial charge in [0.2, 0.25) is 0 Å². The molecule has 1 heterocycles. The normalized spacial score (nSPS) is 10.4. The van der Waals surface area contributed by atoms with Gasteiger partial charge in [0.1, 0.15) is 5.82 Å². The molecule has 2 N–H and O–H groups in total.